The number of rotatable bonds is 4. The zero-order valence-electron chi connectivity index (χ0n) is 14.6. The number of hydrazine groups is 1. The van der Waals surface area contributed by atoms with Crippen LogP contribution in [-0.4, -0.2) is 25.9 Å². The van der Waals surface area contributed by atoms with Gasteiger partial charge in [0, 0.05) is 25.3 Å². The number of hydrogen-bond donors (Lipinski definition) is 2. The van der Waals surface area contributed by atoms with Gasteiger partial charge in [-0.05, 0) is 36.6 Å². The zero-order chi connectivity index (χ0) is 17.9. The quantitative estimate of drug-likeness (QED) is 0.843. The summed E-state index contributed by atoms with van der Waals surface area (Å²) in [6, 6.07) is 17.0. The van der Waals surface area contributed by atoms with E-state index < -0.39 is 5.41 Å². The number of amides is 2. The third-order valence-electron chi connectivity index (χ3n) is 4.88. The predicted molar refractivity (Wildman–Crippen MR) is 98.3 cm³/mol. The molecule has 2 N–H and O–H groups in total. The van der Waals surface area contributed by atoms with Crippen LogP contribution < -0.4 is 15.8 Å². The van der Waals surface area contributed by atoms with Crippen LogP contribution in [0.15, 0.2) is 54.6 Å². The molecule has 2 aromatic rings. The lowest BCUT2D eigenvalue weighted by atomic mass is 9.64. The van der Waals surface area contributed by atoms with Crippen LogP contribution in [0.2, 0.25) is 0 Å². The van der Waals surface area contributed by atoms with Crippen LogP contribution in [0.25, 0.3) is 0 Å². The van der Waals surface area contributed by atoms with Crippen LogP contribution in [0.1, 0.15) is 35.2 Å². The van der Waals surface area contributed by atoms with E-state index in [1.807, 2.05) is 61.5 Å². The molecule has 5 heteroatoms. The van der Waals surface area contributed by atoms with Gasteiger partial charge in [-0.25, -0.2) is 0 Å². The summed E-state index contributed by atoms with van der Waals surface area (Å²) in [5, 5.41) is 0. The maximum atomic E-state index is 12.7. The minimum Gasteiger partial charge on any atom is -0.378 e. The molecule has 130 valence electrons. The molecule has 0 radical (unpaired) electrons. The van der Waals surface area contributed by atoms with Gasteiger partial charge in [0.25, 0.3) is 5.91 Å². The van der Waals surface area contributed by atoms with Crippen LogP contribution in [0.3, 0.4) is 0 Å². The summed E-state index contributed by atoms with van der Waals surface area (Å²) >= 11 is 0. The number of carbonyl (C=O) groups is 2. The molecule has 0 heterocycles. The summed E-state index contributed by atoms with van der Waals surface area (Å²) in [4.78, 5) is 27.0. The Bertz CT molecular complexity index is 768. The molecule has 0 atom stereocenters. The van der Waals surface area contributed by atoms with Crippen molar-refractivity contribution in [1.29, 1.82) is 0 Å². The fourth-order valence-electron chi connectivity index (χ4n) is 3.17. The van der Waals surface area contributed by atoms with Crippen LogP contribution in [-0.2, 0) is 10.2 Å². The molecule has 0 bridgehead atoms. The summed E-state index contributed by atoms with van der Waals surface area (Å²) in [5.74, 6) is -0.471. The lowest BCUT2D eigenvalue weighted by Crippen LogP contribution is -2.54. The molecule has 0 aliphatic heterocycles. The Kier molecular flexibility index (Phi) is 4.74. The zero-order valence-corrected chi connectivity index (χ0v) is 14.6. The lowest BCUT2D eigenvalue weighted by molar-refractivity contribution is -0.130. The summed E-state index contributed by atoms with van der Waals surface area (Å²) < 4.78 is 0. The second kappa shape index (κ2) is 6.97. The highest BCUT2D eigenvalue weighted by Crippen LogP contribution is 2.43. The molecule has 2 amide bonds. The van der Waals surface area contributed by atoms with E-state index in [0.717, 1.165) is 30.5 Å². The first-order chi connectivity index (χ1) is 12.0. The van der Waals surface area contributed by atoms with Gasteiger partial charge in [-0.1, -0.05) is 42.8 Å². The van der Waals surface area contributed by atoms with Gasteiger partial charge in [0.1, 0.15) is 0 Å². The van der Waals surface area contributed by atoms with Crippen molar-refractivity contribution in [2.24, 2.45) is 0 Å². The summed E-state index contributed by atoms with van der Waals surface area (Å²) in [5.41, 5.74) is 7.08. The number of anilines is 1. The average Bonchev–Trinajstić information content (AvgIpc) is 2.59. The van der Waals surface area contributed by atoms with Crippen molar-refractivity contribution < 1.29 is 9.59 Å². The SMILES string of the molecule is CN(C)c1cccc(C(=O)NNC(=O)C2(c3ccccc3)CCC2)c1. The first-order valence-corrected chi connectivity index (χ1v) is 8.47. The van der Waals surface area contributed by atoms with E-state index in [0.29, 0.717) is 5.56 Å². The molecule has 1 fully saturated rings. The van der Waals surface area contributed by atoms with Crippen LogP contribution in [0.5, 0.6) is 0 Å². The maximum absolute atomic E-state index is 12.7. The first-order valence-electron chi connectivity index (χ1n) is 8.47. The van der Waals surface area contributed by atoms with Gasteiger partial charge in [0.2, 0.25) is 5.91 Å². The third kappa shape index (κ3) is 3.36. The highest BCUT2D eigenvalue weighted by molar-refractivity contribution is 5.97. The molecular weight excluding hydrogens is 314 g/mol. The van der Waals surface area contributed by atoms with Crippen molar-refractivity contribution in [2.75, 3.05) is 19.0 Å². The number of nitrogens with zero attached hydrogens (tertiary/aromatic N) is 1. The van der Waals surface area contributed by atoms with Crippen molar-refractivity contribution in [3.8, 4) is 0 Å². The van der Waals surface area contributed by atoms with Gasteiger partial charge in [-0.2, -0.15) is 0 Å². The number of hydrogen-bond acceptors (Lipinski definition) is 3. The van der Waals surface area contributed by atoms with E-state index in [1.165, 1.54) is 0 Å². The molecule has 1 aliphatic carbocycles. The van der Waals surface area contributed by atoms with E-state index in [-0.39, 0.29) is 11.8 Å². The Morgan fingerprint density at radius 3 is 2.28 bits per heavy atom. The Morgan fingerprint density at radius 1 is 0.960 bits per heavy atom. The second-order valence-corrected chi connectivity index (χ2v) is 6.65. The monoisotopic (exact) mass is 337 g/mol. The standard InChI is InChI=1S/C20H23N3O2/c1-23(2)17-11-6-8-15(14-17)18(24)21-22-19(25)20(12-7-13-20)16-9-4-3-5-10-16/h3-6,8-11,14H,7,12-13H2,1-2H3,(H,21,24)(H,22,25). The van der Waals surface area contributed by atoms with E-state index in [4.69, 9.17) is 0 Å². The van der Waals surface area contributed by atoms with E-state index in [2.05, 4.69) is 10.9 Å². The lowest BCUT2D eigenvalue weighted by Gasteiger charge is -2.40. The largest absolute Gasteiger partial charge is 0.378 e. The topological polar surface area (TPSA) is 61.4 Å². The highest BCUT2D eigenvalue weighted by Gasteiger charge is 2.45. The van der Waals surface area contributed by atoms with Crippen LogP contribution in [0, 0.1) is 0 Å². The van der Waals surface area contributed by atoms with Gasteiger partial charge < -0.3 is 4.90 Å². The molecule has 0 unspecified atom stereocenters. The Hall–Kier alpha value is -2.82. The van der Waals surface area contributed by atoms with E-state index in [1.54, 1.807) is 12.1 Å². The van der Waals surface area contributed by atoms with Gasteiger partial charge in [-0.15, -0.1) is 0 Å². The Morgan fingerprint density at radius 2 is 1.68 bits per heavy atom. The Balaban J connectivity index is 1.68. The van der Waals surface area contributed by atoms with Crippen molar-refractivity contribution in [3.05, 3.63) is 65.7 Å². The molecule has 5 nitrogen and oxygen atoms in total. The fourth-order valence-corrected chi connectivity index (χ4v) is 3.17. The van der Waals surface area contributed by atoms with Crippen LogP contribution >= 0.6 is 0 Å². The molecular formula is C20H23N3O2. The first kappa shape index (κ1) is 17.0. The molecule has 3 rings (SSSR count). The molecule has 25 heavy (non-hydrogen) atoms. The van der Waals surface area contributed by atoms with Crippen LogP contribution in [0.4, 0.5) is 5.69 Å². The molecule has 1 saturated carbocycles. The predicted octanol–water partition coefficient (Wildman–Crippen LogP) is 2.64. The van der Waals surface area contributed by atoms with Gasteiger partial charge in [0.15, 0.2) is 0 Å². The summed E-state index contributed by atoms with van der Waals surface area (Å²) in [7, 11) is 3.83. The molecule has 0 aromatic heterocycles. The molecule has 2 aromatic carbocycles. The third-order valence-corrected chi connectivity index (χ3v) is 4.88. The van der Waals surface area contributed by atoms with Crippen molar-refractivity contribution in [3.63, 3.8) is 0 Å². The van der Waals surface area contributed by atoms with Crippen molar-refractivity contribution >= 4 is 17.5 Å². The summed E-state index contributed by atoms with van der Waals surface area (Å²) in [6.07, 6.45) is 2.62. The van der Waals surface area contributed by atoms with Gasteiger partial charge in [-0.3, -0.25) is 20.4 Å². The minimum atomic E-state index is -0.528. The summed E-state index contributed by atoms with van der Waals surface area (Å²) in [6.45, 7) is 0. The maximum Gasteiger partial charge on any atom is 0.269 e. The molecule has 0 saturated heterocycles. The molecule has 1 aliphatic rings. The smallest absolute Gasteiger partial charge is 0.269 e. The highest BCUT2D eigenvalue weighted by atomic mass is 16.2. The Labute approximate surface area is 148 Å². The van der Waals surface area contributed by atoms with Crippen molar-refractivity contribution in [1.82, 2.24) is 10.9 Å². The fraction of sp³-hybridized carbons (Fsp3) is 0.300. The van der Waals surface area contributed by atoms with E-state index >= 15 is 0 Å². The number of carbonyl (C=O) groups excluding carboxylic acids is 2. The van der Waals surface area contributed by atoms with Gasteiger partial charge >= 0.3 is 0 Å². The normalized spacial score (nSPS) is 15.0. The minimum absolute atomic E-state index is 0.151. The van der Waals surface area contributed by atoms with E-state index in [9.17, 15) is 9.59 Å². The average molecular weight is 337 g/mol. The van der Waals surface area contributed by atoms with Crippen molar-refractivity contribution in [2.45, 2.75) is 24.7 Å². The second-order valence-electron chi connectivity index (χ2n) is 6.65. The number of nitrogens with one attached hydrogen (secondary N) is 2. The number of benzene rings is 2. The molecule has 0 spiro atoms. The van der Waals surface area contributed by atoms with Gasteiger partial charge in [0.05, 0.1) is 5.41 Å².